The van der Waals surface area contributed by atoms with E-state index in [0.717, 1.165) is 77.0 Å². The van der Waals surface area contributed by atoms with Crippen LogP contribution in [0.25, 0.3) is 0 Å². The molecule has 8 aliphatic rings. The molecule has 8 rings (SSSR count). The topological polar surface area (TPSA) is 182 Å². The molecule has 0 aromatic rings. The molecule has 312 valence electrons. The van der Waals surface area contributed by atoms with Crippen LogP contribution in [0.2, 0.25) is 0 Å². The molecule has 0 amide bonds. The van der Waals surface area contributed by atoms with Crippen molar-refractivity contribution in [1.82, 2.24) is 0 Å². The number of carbonyl (C=O) groups is 5. The summed E-state index contributed by atoms with van der Waals surface area (Å²) in [5.74, 6) is -4.83. The lowest BCUT2D eigenvalue weighted by Gasteiger charge is -2.26. The van der Waals surface area contributed by atoms with Gasteiger partial charge in [-0.3, -0.25) is 24.0 Å². The maximum atomic E-state index is 13.9. The van der Waals surface area contributed by atoms with Crippen LogP contribution < -0.4 is 0 Å². The van der Waals surface area contributed by atoms with Gasteiger partial charge in [-0.25, -0.2) is 0 Å². The SMILES string of the molecule is O=C(CCCCCOC(=O)C(CC(=O)OCC1CCC2OC2C1)C(CC(=O)OCC1CCC2OC2C1)C(=O)OCC1CCC2OC2C1)OCC1CCC2OC2C1. The summed E-state index contributed by atoms with van der Waals surface area (Å²) < 4.78 is 50.8. The van der Waals surface area contributed by atoms with Gasteiger partial charge in [-0.1, -0.05) is 0 Å². The molecule has 4 saturated carbocycles. The zero-order valence-corrected chi connectivity index (χ0v) is 32.6. The number of hydrogen-bond acceptors (Lipinski definition) is 14. The van der Waals surface area contributed by atoms with Gasteiger partial charge in [-0.2, -0.15) is 0 Å². The molecular formula is C42H60O14. The molecule has 0 radical (unpaired) electrons. The van der Waals surface area contributed by atoms with Crippen molar-refractivity contribution in [3.63, 3.8) is 0 Å². The summed E-state index contributed by atoms with van der Waals surface area (Å²) in [6, 6.07) is 0. The van der Waals surface area contributed by atoms with Gasteiger partial charge in [0, 0.05) is 6.42 Å². The van der Waals surface area contributed by atoms with Gasteiger partial charge >= 0.3 is 29.8 Å². The summed E-state index contributed by atoms with van der Waals surface area (Å²) >= 11 is 0. The molecule has 4 saturated heterocycles. The quantitative estimate of drug-likeness (QED) is 0.0684. The van der Waals surface area contributed by atoms with Crippen molar-refractivity contribution < 1.29 is 66.6 Å². The van der Waals surface area contributed by atoms with Crippen molar-refractivity contribution >= 4 is 29.8 Å². The molecule has 0 spiro atoms. The monoisotopic (exact) mass is 788 g/mol. The third kappa shape index (κ3) is 11.4. The summed E-state index contributed by atoms with van der Waals surface area (Å²) in [4.78, 5) is 66.8. The van der Waals surface area contributed by atoms with Crippen molar-refractivity contribution in [2.24, 2.45) is 35.5 Å². The van der Waals surface area contributed by atoms with Crippen molar-refractivity contribution in [1.29, 1.82) is 0 Å². The third-order valence-corrected chi connectivity index (χ3v) is 13.5. The summed E-state index contributed by atoms with van der Waals surface area (Å²) in [6.45, 7) is 0.982. The van der Waals surface area contributed by atoms with Crippen LogP contribution in [0, 0.1) is 35.5 Å². The Morgan fingerprint density at radius 1 is 0.411 bits per heavy atom. The molecule has 14 unspecified atom stereocenters. The van der Waals surface area contributed by atoms with E-state index in [1.165, 1.54) is 0 Å². The highest BCUT2D eigenvalue weighted by atomic mass is 16.6. The van der Waals surface area contributed by atoms with Gasteiger partial charge < -0.3 is 42.6 Å². The lowest BCUT2D eigenvalue weighted by molar-refractivity contribution is -0.168. The average molecular weight is 789 g/mol. The van der Waals surface area contributed by atoms with E-state index in [4.69, 9.17) is 42.6 Å². The normalized spacial score (nSPS) is 36.8. The molecule has 0 N–H and O–H groups in total. The van der Waals surface area contributed by atoms with E-state index in [1.807, 2.05) is 0 Å². The van der Waals surface area contributed by atoms with E-state index >= 15 is 0 Å². The van der Waals surface area contributed by atoms with Gasteiger partial charge in [-0.05, 0) is 120 Å². The molecule has 14 nitrogen and oxygen atoms in total. The van der Waals surface area contributed by atoms with Crippen LogP contribution in [-0.2, 0) is 66.6 Å². The number of fused-ring (bicyclic) bond motifs is 4. The summed E-state index contributed by atoms with van der Waals surface area (Å²) in [5.41, 5.74) is 0. The van der Waals surface area contributed by atoms with E-state index in [0.29, 0.717) is 62.3 Å². The van der Waals surface area contributed by atoms with Crippen LogP contribution in [0.4, 0.5) is 0 Å². The Balaban J connectivity index is 0.844. The molecule has 0 bridgehead atoms. The van der Waals surface area contributed by atoms with Gasteiger partial charge in [0.05, 0.1) is 107 Å². The average Bonchev–Trinajstić information content (AvgIpc) is 4.01. The Morgan fingerprint density at radius 3 is 1.20 bits per heavy atom. The first-order chi connectivity index (χ1) is 27.2. The van der Waals surface area contributed by atoms with E-state index in [2.05, 4.69) is 0 Å². The van der Waals surface area contributed by atoms with E-state index in [1.54, 1.807) is 0 Å². The summed E-state index contributed by atoms with van der Waals surface area (Å²) in [6.07, 6.45) is 14.2. The minimum Gasteiger partial charge on any atom is -0.465 e. The van der Waals surface area contributed by atoms with Crippen LogP contribution in [0.1, 0.15) is 116 Å². The van der Waals surface area contributed by atoms with Crippen LogP contribution in [0.15, 0.2) is 0 Å². The van der Waals surface area contributed by atoms with Crippen molar-refractivity contribution in [3.05, 3.63) is 0 Å². The largest absolute Gasteiger partial charge is 0.465 e. The number of ether oxygens (including phenoxy) is 9. The van der Waals surface area contributed by atoms with Crippen LogP contribution >= 0.6 is 0 Å². The highest BCUT2D eigenvalue weighted by Gasteiger charge is 2.47. The van der Waals surface area contributed by atoms with Gasteiger partial charge in [0.2, 0.25) is 0 Å². The van der Waals surface area contributed by atoms with E-state index in [9.17, 15) is 24.0 Å². The van der Waals surface area contributed by atoms with Crippen LogP contribution in [0.3, 0.4) is 0 Å². The predicted molar refractivity (Wildman–Crippen MR) is 193 cm³/mol. The van der Waals surface area contributed by atoms with Crippen LogP contribution in [-0.4, -0.2) is 112 Å². The second-order valence-corrected chi connectivity index (χ2v) is 17.8. The molecule has 56 heavy (non-hydrogen) atoms. The number of rotatable bonds is 21. The molecule has 0 aromatic heterocycles. The molecule has 4 heterocycles. The molecule has 4 aliphatic carbocycles. The molecule has 14 atom stereocenters. The zero-order chi connectivity index (χ0) is 38.6. The van der Waals surface area contributed by atoms with Gasteiger partial charge in [0.1, 0.15) is 0 Å². The van der Waals surface area contributed by atoms with Crippen molar-refractivity contribution in [2.75, 3.05) is 33.0 Å². The number of esters is 5. The van der Waals surface area contributed by atoms with Gasteiger partial charge in [-0.15, -0.1) is 0 Å². The maximum Gasteiger partial charge on any atom is 0.310 e. The third-order valence-electron chi connectivity index (χ3n) is 13.5. The molecule has 14 heteroatoms. The Morgan fingerprint density at radius 2 is 0.786 bits per heavy atom. The minimum absolute atomic E-state index is 0.0252. The molecule has 4 aliphatic heterocycles. The Bertz CT molecular complexity index is 1420. The lowest BCUT2D eigenvalue weighted by Crippen LogP contribution is -2.37. The molecule has 0 aromatic carbocycles. The molecule has 8 fully saturated rings. The zero-order valence-electron chi connectivity index (χ0n) is 32.6. The Kier molecular flexibility index (Phi) is 13.1. The van der Waals surface area contributed by atoms with Gasteiger partial charge in [0.25, 0.3) is 0 Å². The van der Waals surface area contributed by atoms with Gasteiger partial charge in [0.15, 0.2) is 0 Å². The maximum absolute atomic E-state index is 13.9. The summed E-state index contributed by atoms with van der Waals surface area (Å²) in [5, 5.41) is 0. The lowest BCUT2D eigenvalue weighted by atomic mass is 9.86. The minimum atomic E-state index is -1.31. The fourth-order valence-electron chi connectivity index (χ4n) is 9.65. The second-order valence-electron chi connectivity index (χ2n) is 17.8. The fraction of sp³-hybridized carbons (Fsp3) is 0.881. The highest BCUT2D eigenvalue weighted by Crippen LogP contribution is 2.42. The number of unbranched alkanes of at least 4 members (excludes halogenated alkanes) is 2. The Hall–Kier alpha value is -2.81. The first-order valence-corrected chi connectivity index (χ1v) is 21.7. The summed E-state index contributed by atoms with van der Waals surface area (Å²) in [7, 11) is 0. The smallest absolute Gasteiger partial charge is 0.310 e. The van der Waals surface area contributed by atoms with Crippen molar-refractivity contribution in [2.45, 2.75) is 164 Å². The highest BCUT2D eigenvalue weighted by molar-refractivity contribution is 5.88. The Labute approximate surface area is 328 Å². The van der Waals surface area contributed by atoms with Crippen LogP contribution in [0.5, 0.6) is 0 Å². The first kappa shape index (κ1) is 40.0. The molecular weight excluding hydrogens is 728 g/mol. The number of carbonyl (C=O) groups excluding carboxylic acids is 5. The first-order valence-electron chi connectivity index (χ1n) is 21.7. The number of epoxide rings is 4. The van der Waals surface area contributed by atoms with Crippen molar-refractivity contribution in [3.8, 4) is 0 Å². The van der Waals surface area contributed by atoms with E-state index in [-0.39, 0.29) is 74.9 Å². The fourth-order valence-corrected chi connectivity index (χ4v) is 9.65. The van der Waals surface area contributed by atoms with E-state index < -0.39 is 48.6 Å². The standard InChI is InChI=1S/C42H60O14/c43-38(49-20-24-5-9-30-34(14-24)53-30)4-2-1-3-13-48-41(46)28(18-39(44)50-21-25-6-10-31-35(15-25)54-31)29(42(47)52-23-27-8-12-33-37(17-27)56-33)19-40(45)51-22-26-7-11-32-36(16-26)55-32/h24-37H,1-23H2. The second kappa shape index (κ2) is 18.4. The predicted octanol–water partition coefficient (Wildman–Crippen LogP) is 4.55. The number of hydrogen-bond donors (Lipinski definition) is 0.